The third-order valence-electron chi connectivity index (χ3n) is 4.39. The normalized spacial score (nSPS) is 10.7. The summed E-state index contributed by atoms with van der Waals surface area (Å²) in [6.45, 7) is 2.75. The molecule has 0 saturated carbocycles. The molecule has 3 aromatic rings. The summed E-state index contributed by atoms with van der Waals surface area (Å²) in [5.41, 5.74) is 7.38. The Morgan fingerprint density at radius 1 is 1.08 bits per heavy atom. The molecule has 0 bridgehead atoms. The van der Waals surface area contributed by atoms with Crippen LogP contribution >= 0.6 is 0 Å². The van der Waals surface area contributed by atoms with Crippen molar-refractivity contribution in [3.05, 3.63) is 77.6 Å². The number of amides is 1. The predicted octanol–water partition coefficient (Wildman–Crippen LogP) is 3.73. The number of hydrogen-bond acceptors (Lipinski definition) is 3. The van der Waals surface area contributed by atoms with Crippen LogP contribution in [0, 0.1) is 6.92 Å². The van der Waals surface area contributed by atoms with Gasteiger partial charge >= 0.3 is 0 Å². The second-order valence-corrected chi connectivity index (χ2v) is 6.41. The zero-order valence-electron chi connectivity index (χ0n) is 14.9. The van der Waals surface area contributed by atoms with Gasteiger partial charge in [-0.2, -0.15) is 5.10 Å². The van der Waals surface area contributed by atoms with Gasteiger partial charge in [0.1, 0.15) is 0 Å². The smallest absolute Gasteiger partial charge is 0.243 e. The van der Waals surface area contributed by atoms with Crippen LogP contribution in [0.3, 0.4) is 0 Å². The van der Waals surface area contributed by atoms with Gasteiger partial charge < -0.3 is 0 Å². The van der Waals surface area contributed by atoms with E-state index >= 15 is 0 Å². The molecule has 0 unspecified atom stereocenters. The van der Waals surface area contributed by atoms with Gasteiger partial charge in [0.25, 0.3) is 0 Å². The summed E-state index contributed by atoms with van der Waals surface area (Å²) in [5.74, 6) is -0.361. The van der Waals surface area contributed by atoms with E-state index in [-0.39, 0.29) is 5.91 Å². The van der Waals surface area contributed by atoms with E-state index in [0.29, 0.717) is 19.4 Å². The molecule has 1 amide bonds. The second-order valence-electron chi connectivity index (χ2n) is 6.41. The maximum Gasteiger partial charge on any atom is 0.243 e. The van der Waals surface area contributed by atoms with E-state index in [4.69, 9.17) is 5.21 Å². The summed E-state index contributed by atoms with van der Waals surface area (Å²) in [5, 5.41) is 13.2. The van der Waals surface area contributed by atoms with Crippen LogP contribution in [0.5, 0.6) is 0 Å². The van der Waals surface area contributed by atoms with Crippen molar-refractivity contribution in [2.45, 2.75) is 32.7 Å². The first-order chi connectivity index (χ1) is 12.7. The van der Waals surface area contributed by atoms with Crippen molar-refractivity contribution in [1.82, 2.24) is 15.3 Å². The molecule has 1 heterocycles. The van der Waals surface area contributed by atoms with Crippen molar-refractivity contribution in [3.8, 4) is 11.1 Å². The van der Waals surface area contributed by atoms with E-state index in [1.54, 1.807) is 5.48 Å². The maximum atomic E-state index is 11.1. The molecule has 26 heavy (non-hydrogen) atoms. The Labute approximate surface area is 153 Å². The third kappa shape index (κ3) is 4.58. The first-order valence-electron chi connectivity index (χ1n) is 8.76. The lowest BCUT2D eigenvalue weighted by Crippen LogP contribution is -2.18. The number of benzene rings is 2. The molecule has 1 aromatic heterocycles. The molecule has 5 nitrogen and oxygen atoms in total. The number of carbonyl (C=O) groups excluding carboxylic acids is 1. The Bertz CT molecular complexity index is 855. The van der Waals surface area contributed by atoms with Crippen LogP contribution < -0.4 is 5.48 Å². The summed E-state index contributed by atoms with van der Waals surface area (Å²) in [4.78, 5) is 11.1. The molecule has 3 rings (SSSR count). The molecule has 2 aromatic carbocycles. The minimum Gasteiger partial charge on any atom is -0.289 e. The van der Waals surface area contributed by atoms with Gasteiger partial charge in [-0.3, -0.25) is 14.7 Å². The van der Waals surface area contributed by atoms with Crippen LogP contribution in [0.4, 0.5) is 0 Å². The number of carbonyl (C=O) groups is 1. The molecule has 0 aliphatic heterocycles. The molecular weight excluding hydrogens is 326 g/mol. The van der Waals surface area contributed by atoms with Gasteiger partial charge in [0, 0.05) is 12.6 Å². The number of nitrogens with zero attached hydrogens (tertiary/aromatic N) is 2. The Balaban J connectivity index is 1.62. The third-order valence-corrected chi connectivity index (χ3v) is 4.39. The predicted molar refractivity (Wildman–Crippen MR) is 101 cm³/mol. The molecule has 2 N–H and O–H groups in total. The highest BCUT2D eigenvalue weighted by atomic mass is 16.5. The average Bonchev–Trinajstić information content (AvgIpc) is 3.02. The number of aryl methyl sites for hydroxylation is 2. The zero-order valence-corrected chi connectivity index (χ0v) is 14.9. The minimum atomic E-state index is -0.361. The first-order valence-corrected chi connectivity index (χ1v) is 8.76. The minimum absolute atomic E-state index is 0.295. The Hall–Kier alpha value is -2.92. The molecule has 134 valence electrons. The molecule has 0 fully saturated rings. The number of nitrogens with one attached hydrogen (secondary N) is 1. The molecule has 0 aliphatic rings. The van der Waals surface area contributed by atoms with Gasteiger partial charge in [-0.15, -0.1) is 0 Å². The number of hydrogen-bond donors (Lipinski definition) is 2. The van der Waals surface area contributed by atoms with E-state index in [0.717, 1.165) is 17.7 Å². The fraction of sp³-hybridized carbons (Fsp3) is 0.238. The number of aromatic nitrogens is 2. The van der Waals surface area contributed by atoms with Gasteiger partial charge in [-0.25, -0.2) is 5.48 Å². The molecule has 0 aliphatic carbocycles. The van der Waals surface area contributed by atoms with Gasteiger partial charge in [0.05, 0.1) is 12.2 Å². The lowest BCUT2D eigenvalue weighted by Gasteiger charge is -2.05. The van der Waals surface area contributed by atoms with Crippen LogP contribution in [0.15, 0.2) is 60.8 Å². The monoisotopic (exact) mass is 349 g/mol. The summed E-state index contributed by atoms with van der Waals surface area (Å²) in [6.07, 6.45) is 3.71. The van der Waals surface area contributed by atoms with Crippen molar-refractivity contribution in [3.63, 3.8) is 0 Å². The topological polar surface area (TPSA) is 67.2 Å². The molecule has 0 radical (unpaired) electrons. The molecule has 0 spiro atoms. The highest BCUT2D eigenvalue weighted by Gasteiger charge is 2.07. The lowest BCUT2D eigenvalue weighted by molar-refractivity contribution is -0.129. The molecular formula is C21H23N3O2. The molecule has 5 heteroatoms. The number of hydroxylamine groups is 1. The van der Waals surface area contributed by atoms with Gasteiger partial charge in [0.2, 0.25) is 5.91 Å². The van der Waals surface area contributed by atoms with Gasteiger partial charge in [0.15, 0.2) is 0 Å². The lowest BCUT2D eigenvalue weighted by atomic mass is 10.0. The van der Waals surface area contributed by atoms with E-state index < -0.39 is 0 Å². The van der Waals surface area contributed by atoms with Crippen molar-refractivity contribution in [1.29, 1.82) is 0 Å². The van der Waals surface area contributed by atoms with Crippen molar-refractivity contribution < 1.29 is 10.0 Å². The van der Waals surface area contributed by atoms with E-state index in [2.05, 4.69) is 41.5 Å². The summed E-state index contributed by atoms with van der Waals surface area (Å²) in [6, 6.07) is 18.8. The quantitative estimate of drug-likeness (QED) is 0.504. The maximum absolute atomic E-state index is 11.1. The van der Waals surface area contributed by atoms with Crippen LogP contribution in [-0.2, 0) is 17.8 Å². The fourth-order valence-electron chi connectivity index (χ4n) is 2.98. The van der Waals surface area contributed by atoms with Crippen LogP contribution in [0.1, 0.15) is 29.7 Å². The second kappa shape index (κ2) is 8.45. The SMILES string of the molecule is Cc1cn(Cc2ccc(-c3ccccc3)cc2)nc1CCCC(=O)NO. The summed E-state index contributed by atoms with van der Waals surface area (Å²) in [7, 11) is 0. The fourth-order valence-corrected chi connectivity index (χ4v) is 2.98. The van der Waals surface area contributed by atoms with Gasteiger partial charge in [-0.1, -0.05) is 54.6 Å². The van der Waals surface area contributed by atoms with E-state index in [9.17, 15) is 4.79 Å². The van der Waals surface area contributed by atoms with Crippen molar-refractivity contribution >= 4 is 5.91 Å². The van der Waals surface area contributed by atoms with E-state index in [1.165, 1.54) is 16.7 Å². The standard InChI is InChI=1S/C21H23N3O2/c1-16-14-24(22-20(16)8-5-9-21(25)23-26)15-17-10-12-19(13-11-17)18-6-3-2-4-7-18/h2-4,6-7,10-14,26H,5,8-9,15H2,1H3,(H,23,25). The zero-order chi connectivity index (χ0) is 18.4. The van der Waals surface area contributed by atoms with Crippen LogP contribution in [-0.4, -0.2) is 20.9 Å². The van der Waals surface area contributed by atoms with Crippen molar-refractivity contribution in [2.24, 2.45) is 0 Å². The summed E-state index contributed by atoms with van der Waals surface area (Å²) < 4.78 is 1.94. The molecule has 0 saturated heterocycles. The molecule has 0 atom stereocenters. The first kappa shape index (κ1) is 17.9. The van der Waals surface area contributed by atoms with Gasteiger partial charge in [-0.05, 0) is 42.0 Å². The Morgan fingerprint density at radius 3 is 2.46 bits per heavy atom. The van der Waals surface area contributed by atoms with Crippen LogP contribution in [0.25, 0.3) is 11.1 Å². The highest BCUT2D eigenvalue weighted by Crippen LogP contribution is 2.20. The Morgan fingerprint density at radius 2 is 1.77 bits per heavy atom. The highest BCUT2D eigenvalue weighted by molar-refractivity contribution is 5.74. The average molecular weight is 349 g/mol. The summed E-state index contributed by atoms with van der Waals surface area (Å²) >= 11 is 0. The Kier molecular flexibility index (Phi) is 5.81. The number of rotatable bonds is 7. The van der Waals surface area contributed by atoms with Crippen molar-refractivity contribution in [2.75, 3.05) is 0 Å². The van der Waals surface area contributed by atoms with E-state index in [1.807, 2.05) is 36.0 Å². The van der Waals surface area contributed by atoms with Crippen LogP contribution in [0.2, 0.25) is 0 Å². The largest absolute Gasteiger partial charge is 0.289 e.